The second-order valence-corrected chi connectivity index (χ2v) is 6.16. The number of amides is 1. The van der Waals surface area contributed by atoms with Crippen LogP contribution in [0.3, 0.4) is 0 Å². The predicted molar refractivity (Wildman–Crippen MR) is 95.8 cm³/mol. The van der Waals surface area contributed by atoms with E-state index in [2.05, 4.69) is 5.32 Å². The first kappa shape index (κ1) is 19.9. The SMILES string of the molecule is Cc1ccc(C(N)C(=O)NCCCOC2CCCCC2)cc1.Cl. The fraction of sp³-hybridized carbons (Fsp3) is 0.611. The lowest BCUT2D eigenvalue weighted by atomic mass is 9.98. The van der Waals surface area contributed by atoms with Gasteiger partial charge in [-0.1, -0.05) is 49.1 Å². The summed E-state index contributed by atoms with van der Waals surface area (Å²) in [5.41, 5.74) is 7.99. The summed E-state index contributed by atoms with van der Waals surface area (Å²) in [6, 6.07) is 7.17. The minimum absolute atomic E-state index is 0. The van der Waals surface area contributed by atoms with E-state index in [1.54, 1.807) is 0 Å². The van der Waals surface area contributed by atoms with Gasteiger partial charge in [0.1, 0.15) is 6.04 Å². The van der Waals surface area contributed by atoms with Crippen molar-refractivity contribution in [2.45, 2.75) is 57.6 Å². The summed E-state index contributed by atoms with van der Waals surface area (Å²) >= 11 is 0. The molecule has 0 spiro atoms. The third-order valence-corrected chi connectivity index (χ3v) is 4.25. The van der Waals surface area contributed by atoms with E-state index < -0.39 is 6.04 Å². The average Bonchev–Trinajstić information content (AvgIpc) is 2.55. The van der Waals surface area contributed by atoms with Crippen molar-refractivity contribution in [3.63, 3.8) is 0 Å². The van der Waals surface area contributed by atoms with Crippen LogP contribution in [-0.4, -0.2) is 25.2 Å². The van der Waals surface area contributed by atoms with Crippen LogP contribution < -0.4 is 11.1 Å². The van der Waals surface area contributed by atoms with Gasteiger partial charge in [0.15, 0.2) is 0 Å². The zero-order valence-electron chi connectivity index (χ0n) is 13.9. The van der Waals surface area contributed by atoms with E-state index in [0.717, 1.165) is 17.5 Å². The maximum Gasteiger partial charge on any atom is 0.241 e. The number of nitrogens with one attached hydrogen (secondary N) is 1. The highest BCUT2D eigenvalue weighted by molar-refractivity contribution is 5.85. The first-order chi connectivity index (χ1) is 10.7. The molecule has 1 fully saturated rings. The van der Waals surface area contributed by atoms with Gasteiger partial charge in [0.05, 0.1) is 6.10 Å². The predicted octanol–water partition coefficient (Wildman–Crippen LogP) is 3.27. The van der Waals surface area contributed by atoms with Crippen LogP contribution in [0.5, 0.6) is 0 Å². The maximum atomic E-state index is 12.0. The van der Waals surface area contributed by atoms with Crippen molar-refractivity contribution in [2.75, 3.05) is 13.2 Å². The van der Waals surface area contributed by atoms with Gasteiger partial charge in [0.25, 0.3) is 0 Å². The third-order valence-electron chi connectivity index (χ3n) is 4.25. The Morgan fingerprint density at radius 1 is 1.26 bits per heavy atom. The van der Waals surface area contributed by atoms with E-state index in [4.69, 9.17) is 10.5 Å². The third kappa shape index (κ3) is 6.90. The first-order valence-electron chi connectivity index (χ1n) is 8.38. The zero-order chi connectivity index (χ0) is 15.8. The molecule has 130 valence electrons. The molecule has 5 heteroatoms. The fourth-order valence-electron chi connectivity index (χ4n) is 2.80. The smallest absolute Gasteiger partial charge is 0.241 e. The highest BCUT2D eigenvalue weighted by atomic mass is 35.5. The van der Waals surface area contributed by atoms with Crippen LogP contribution in [0.2, 0.25) is 0 Å². The van der Waals surface area contributed by atoms with Crippen LogP contribution in [0, 0.1) is 6.92 Å². The van der Waals surface area contributed by atoms with Gasteiger partial charge >= 0.3 is 0 Å². The van der Waals surface area contributed by atoms with Crippen molar-refractivity contribution in [3.05, 3.63) is 35.4 Å². The maximum absolute atomic E-state index is 12.0. The van der Waals surface area contributed by atoms with E-state index in [-0.39, 0.29) is 18.3 Å². The van der Waals surface area contributed by atoms with Crippen LogP contribution in [0.1, 0.15) is 55.7 Å². The normalized spacial score (nSPS) is 16.4. The Hall–Kier alpha value is -1.10. The minimum Gasteiger partial charge on any atom is -0.378 e. The van der Waals surface area contributed by atoms with Gasteiger partial charge in [-0.25, -0.2) is 0 Å². The van der Waals surface area contributed by atoms with Gasteiger partial charge < -0.3 is 15.8 Å². The summed E-state index contributed by atoms with van der Waals surface area (Å²) in [4.78, 5) is 12.0. The molecule has 0 bridgehead atoms. The lowest BCUT2D eigenvalue weighted by molar-refractivity contribution is -0.122. The summed E-state index contributed by atoms with van der Waals surface area (Å²) in [5, 5.41) is 2.89. The van der Waals surface area contributed by atoms with Gasteiger partial charge in [-0.15, -0.1) is 12.4 Å². The lowest BCUT2D eigenvalue weighted by Gasteiger charge is -2.22. The van der Waals surface area contributed by atoms with Crippen LogP contribution >= 0.6 is 12.4 Å². The van der Waals surface area contributed by atoms with Crippen molar-refractivity contribution in [1.29, 1.82) is 0 Å². The molecule has 1 aromatic carbocycles. The Morgan fingerprint density at radius 3 is 2.57 bits per heavy atom. The van der Waals surface area contributed by atoms with Crippen LogP contribution in [0.15, 0.2) is 24.3 Å². The van der Waals surface area contributed by atoms with Gasteiger partial charge in [0, 0.05) is 13.2 Å². The quantitative estimate of drug-likeness (QED) is 0.749. The summed E-state index contributed by atoms with van der Waals surface area (Å²) in [5.74, 6) is -0.124. The van der Waals surface area contributed by atoms with Gasteiger partial charge in [-0.2, -0.15) is 0 Å². The van der Waals surface area contributed by atoms with Crippen molar-refractivity contribution in [3.8, 4) is 0 Å². The minimum atomic E-state index is -0.597. The molecule has 2 rings (SSSR count). The van der Waals surface area contributed by atoms with E-state index in [1.165, 1.54) is 32.1 Å². The van der Waals surface area contributed by atoms with Crippen molar-refractivity contribution in [2.24, 2.45) is 5.73 Å². The number of carbonyl (C=O) groups is 1. The molecule has 0 aliphatic heterocycles. The van der Waals surface area contributed by atoms with E-state index in [0.29, 0.717) is 19.3 Å². The molecule has 1 amide bonds. The number of nitrogens with two attached hydrogens (primary N) is 1. The first-order valence-corrected chi connectivity index (χ1v) is 8.38. The number of ether oxygens (including phenoxy) is 1. The standard InChI is InChI=1S/C18H28N2O2.ClH/c1-14-8-10-15(11-9-14)17(19)18(21)20-12-5-13-22-16-6-3-2-4-7-16;/h8-11,16-17H,2-7,12-13,19H2,1H3,(H,20,21);1H. The number of hydrogen-bond donors (Lipinski definition) is 2. The number of aryl methyl sites for hydroxylation is 1. The van der Waals surface area contributed by atoms with Crippen molar-refractivity contribution in [1.82, 2.24) is 5.32 Å². The Labute approximate surface area is 145 Å². The molecule has 23 heavy (non-hydrogen) atoms. The Kier molecular flexibility index (Phi) is 9.22. The molecule has 0 aromatic heterocycles. The lowest BCUT2D eigenvalue weighted by Crippen LogP contribution is -2.35. The highest BCUT2D eigenvalue weighted by Crippen LogP contribution is 2.20. The molecule has 1 atom stereocenters. The van der Waals surface area contributed by atoms with Crippen molar-refractivity contribution < 1.29 is 9.53 Å². The Balaban J connectivity index is 0.00000264. The van der Waals surface area contributed by atoms with Gasteiger partial charge in [-0.3, -0.25) is 4.79 Å². The monoisotopic (exact) mass is 340 g/mol. The van der Waals surface area contributed by atoms with Crippen LogP contribution in [0.25, 0.3) is 0 Å². The van der Waals surface area contributed by atoms with Crippen LogP contribution in [-0.2, 0) is 9.53 Å². The Bertz CT molecular complexity index is 459. The summed E-state index contributed by atoms with van der Waals surface area (Å²) < 4.78 is 5.84. The van der Waals surface area contributed by atoms with E-state index >= 15 is 0 Å². The topological polar surface area (TPSA) is 64.4 Å². The highest BCUT2D eigenvalue weighted by Gasteiger charge is 2.15. The van der Waals surface area contributed by atoms with Crippen molar-refractivity contribution >= 4 is 18.3 Å². The van der Waals surface area contributed by atoms with E-state index in [1.807, 2.05) is 31.2 Å². The molecule has 4 nitrogen and oxygen atoms in total. The molecule has 1 aliphatic rings. The molecule has 1 aromatic rings. The van der Waals surface area contributed by atoms with Gasteiger partial charge in [-0.05, 0) is 31.7 Å². The number of rotatable bonds is 7. The second kappa shape index (κ2) is 10.6. The summed E-state index contributed by atoms with van der Waals surface area (Å²) in [6.07, 6.45) is 7.55. The number of benzene rings is 1. The summed E-state index contributed by atoms with van der Waals surface area (Å²) in [6.45, 7) is 3.34. The number of carbonyl (C=O) groups excluding carboxylic acids is 1. The number of halogens is 1. The molecule has 1 unspecified atom stereocenters. The number of hydrogen-bond acceptors (Lipinski definition) is 3. The molecule has 1 saturated carbocycles. The molecule has 0 saturated heterocycles. The average molecular weight is 341 g/mol. The molecule has 1 aliphatic carbocycles. The van der Waals surface area contributed by atoms with Gasteiger partial charge in [0.2, 0.25) is 5.91 Å². The molecule has 0 radical (unpaired) electrons. The Morgan fingerprint density at radius 2 is 1.91 bits per heavy atom. The second-order valence-electron chi connectivity index (χ2n) is 6.16. The fourth-order valence-corrected chi connectivity index (χ4v) is 2.80. The van der Waals surface area contributed by atoms with E-state index in [9.17, 15) is 4.79 Å². The zero-order valence-corrected chi connectivity index (χ0v) is 14.7. The molecular weight excluding hydrogens is 312 g/mol. The molecule has 3 N–H and O–H groups in total. The molecule has 0 heterocycles. The van der Waals surface area contributed by atoms with Crippen LogP contribution in [0.4, 0.5) is 0 Å². The molecular formula is C18H29ClN2O2. The largest absolute Gasteiger partial charge is 0.378 e. The summed E-state index contributed by atoms with van der Waals surface area (Å²) in [7, 11) is 0.